The Morgan fingerprint density at radius 2 is 1.70 bits per heavy atom. The second kappa shape index (κ2) is 7.78. The third-order valence-corrected chi connectivity index (χ3v) is 4.74. The zero-order chi connectivity index (χ0) is 21.3. The summed E-state index contributed by atoms with van der Waals surface area (Å²) in [5.41, 5.74) is 6.01. The Morgan fingerprint density at radius 1 is 1.00 bits per heavy atom. The van der Waals surface area contributed by atoms with Gasteiger partial charge in [0, 0.05) is 12.4 Å². The van der Waals surface area contributed by atoms with Gasteiger partial charge >= 0.3 is 5.97 Å². The van der Waals surface area contributed by atoms with E-state index in [1.54, 1.807) is 10.9 Å². The Labute approximate surface area is 171 Å². The number of aromatic nitrogens is 9. The SMILES string of the molecule is Cc1cc(Cn2cc(-c3ncc(-c4nnn(CC(=O)O)n4)cn3)nn2)cc(C)c1C. The molecule has 0 aliphatic heterocycles. The number of carboxylic acids is 1. The van der Waals surface area contributed by atoms with E-state index in [-0.39, 0.29) is 12.4 Å². The Morgan fingerprint density at radius 3 is 2.37 bits per heavy atom. The normalized spacial score (nSPS) is 11.0. The molecule has 152 valence electrons. The van der Waals surface area contributed by atoms with Crippen LogP contribution in [0.3, 0.4) is 0 Å². The summed E-state index contributed by atoms with van der Waals surface area (Å²) in [5, 5.41) is 28.6. The van der Waals surface area contributed by atoms with Gasteiger partial charge in [-0.1, -0.05) is 17.3 Å². The van der Waals surface area contributed by atoms with Gasteiger partial charge in [-0.3, -0.25) is 4.79 Å². The van der Waals surface area contributed by atoms with Crippen LogP contribution in [0, 0.1) is 20.8 Å². The molecule has 0 atom stereocenters. The summed E-state index contributed by atoms with van der Waals surface area (Å²) < 4.78 is 1.75. The van der Waals surface area contributed by atoms with Crippen LogP contribution in [0.15, 0.2) is 30.7 Å². The van der Waals surface area contributed by atoms with Gasteiger partial charge in [0.15, 0.2) is 12.4 Å². The van der Waals surface area contributed by atoms with Crippen LogP contribution >= 0.6 is 0 Å². The van der Waals surface area contributed by atoms with Crippen molar-refractivity contribution in [2.45, 2.75) is 33.9 Å². The maximum absolute atomic E-state index is 10.7. The summed E-state index contributed by atoms with van der Waals surface area (Å²) in [6.45, 7) is 6.55. The fraction of sp³-hybridized carbons (Fsp3) is 0.263. The van der Waals surface area contributed by atoms with Gasteiger partial charge in [-0.25, -0.2) is 14.6 Å². The smallest absolute Gasteiger partial charge is 0.327 e. The van der Waals surface area contributed by atoms with Crippen LogP contribution in [0.2, 0.25) is 0 Å². The number of aryl methyl sites for hydroxylation is 2. The van der Waals surface area contributed by atoms with Crippen LogP contribution < -0.4 is 0 Å². The highest BCUT2D eigenvalue weighted by Crippen LogP contribution is 2.18. The molecule has 0 aliphatic rings. The number of aliphatic carboxylic acids is 1. The van der Waals surface area contributed by atoms with Gasteiger partial charge in [-0.05, 0) is 48.2 Å². The molecule has 0 saturated heterocycles. The number of nitrogens with zero attached hydrogens (tertiary/aromatic N) is 9. The Bertz CT molecular complexity index is 1190. The predicted molar refractivity (Wildman–Crippen MR) is 105 cm³/mol. The summed E-state index contributed by atoms with van der Waals surface area (Å²) in [4.78, 5) is 20.3. The topological polar surface area (TPSA) is 137 Å². The van der Waals surface area contributed by atoms with Crippen molar-refractivity contribution in [2.24, 2.45) is 0 Å². The van der Waals surface area contributed by atoms with E-state index in [0.29, 0.717) is 23.6 Å². The summed E-state index contributed by atoms with van der Waals surface area (Å²) in [7, 11) is 0. The highest BCUT2D eigenvalue weighted by atomic mass is 16.4. The van der Waals surface area contributed by atoms with Gasteiger partial charge in [0.25, 0.3) is 0 Å². The summed E-state index contributed by atoms with van der Waals surface area (Å²) in [6.07, 6.45) is 4.87. The van der Waals surface area contributed by atoms with E-state index in [0.717, 1.165) is 10.4 Å². The first kappa shape index (κ1) is 19.3. The first-order valence-electron chi connectivity index (χ1n) is 9.18. The molecule has 4 rings (SSSR count). The molecule has 0 bridgehead atoms. The highest BCUT2D eigenvalue weighted by molar-refractivity contribution is 5.66. The fourth-order valence-corrected chi connectivity index (χ4v) is 3.00. The molecule has 1 N–H and O–H groups in total. The third kappa shape index (κ3) is 4.04. The van der Waals surface area contributed by atoms with E-state index in [1.807, 2.05) is 0 Å². The average molecular weight is 405 g/mol. The lowest BCUT2D eigenvalue weighted by atomic mass is 10.0. The standard InChI is InChI=1S/C19H19N9O2/c1-11-4-14(5-12(2)13(11)3)8-27-9-16(22-25-27)19-20-6-15(7-21-19)18-23-26-28(24-18)10-17(29)30/h4-7,9H,8,10H2,1-3H3,(H,29,30). The Balaban J connectivity index is 1.50. The lowest BCUT2D eigenvalue weighted by molar-refractivity contribution is -0.138. The van der Waals surface area contributed by atoms with Gasteiger partial charge in [0.05, 0.1) is 18.3 Å². The molecule has 0 amide bonds. The fourth-order valence-electron chi connectivity index (χ4n) is 3.00. The first-order chi connectivity index (χ1) is 14.4. The minimum Gasteiger partial charge on any atom is -0.480 e. The molecule has 0 fully saturated rings. The van der Waals surface area contributed by atoms with Gasteiger partial charge in [0.2, 0.25) is 5.82 Å². The number of benzene rings is 1. The second-order valence-corrected chi connectivity index (χ2v) is 6.99. The highest BCUT2D eigenvalue weighted by Gasteiger charge is 2.12. The van der Waals surface area contributed by atoms with Crippen molar-refractivity contribution in [3.8, 4) is 22.9 Å². The lowest BCUT2D eigenvalue weighted by Crippen LogP contribution is -2.11. The van der Waals surface area contributed by atoms with Crippen molar-refractivity contribution in [3.63, 3.8) is 0 Å². The number of rotatable bonds is 6. The van der Waals surface area contributed by atoms with E-state index in [2.05, 4.69) is 68.6 Å². The third-order valence-electron chi connectivity index (χ3n) is 4.74. The molecule has 0 saturated carbocycles. The molecule has 3 aromatic heterocycles. The van der Waals surface area contributed by atoms with E-state index in [1.165, 1.54) is 29.1 Å². The molecule has 0 aliphatic carbocycles. The number of hydrogen-bond donors (Lipinski definition) is 1. The van der Waals surface area contributed by atoms with Gasteiger partial charge in [0.1, 0.15) is 5.69 Å². The monoisotopic (exact) mass is 405 g/mol. The number of carboxylic acid groups (broad SMARTS) is 1. The lowest BCUT2D eigenvalue weighted by Gasteiger charge is -2.08. The summed E-state index contributed by atoms with van der Waals surface area (Å²) in [6, 6.07) is 4.30. The van der Waals surface area contributed by atoms with Crippen molar-refractivity contribution in [3.05, 3.63) is 53.0 Å². The first-order valence-corrected chi connectivity index (χ1v) is 9.18. The van der Waals surface area contributed by atoms with Crippen molar-refractivity contribution in [1.82, 2.24) is 45.2 Å². The van der Waals surface area contributed by atoms with Crippen LogP contribution in [0.25, 0.3) is 22.9 Å². The van der Waals surface area contributed by atoms with Gasteiger partial charge < -0.3 is 5.11 Å². The van der Waals surface area contributed by atoms with Crippen LogP contribution in [-0.4, -0.2) is 56.2 Å². The molecule has 30 heavy (non-hydrogen) atoms. The van der Waals surface area contributed by atoms with Crippen molar-refractivity contribution in [2.75, 3.05) is 0 Å². The molecule has 11 nitrogen and oxygen atoms in total. The van der Waals surface area contributed by atoms with Crippen LogP contribution in [0.5, 0.6) is 0 Å². The van der Waals surface area contributed by atoms with Crippen molar-refractivity contribution in [1.29, 1.82) is 0 Å². The zero-order valence-corrected chi connectivity index (χ0v) is 16.7. The largest absolute Gasteiger partial charge is 0.480 e. The maximum atomic E-state index is 10.7. The summed E-state index contributed by atoms with van der Waals surface area (Å²) in [5.74, 6) is -0.389. The minimum absolute atomic E-state index is 0.247. The van der Waals surface area contributed by atoms with E-state index < -0.39 is 5.97 Å². The van der Waals surface area contributed by atoms with E-state index >= 15 is 0 Å². The molecule has 0 unspecified atom stereocenters. The van der Waals surface area contributed by atoms with E-state index in [4.69, 9.17) is 5.11 Å². The molecule has 1 aromatic carbocycles. The molecule has 0 spiro atoms. The molecular weight excluding hydrogens is 386 g/mol. The average Bonchev–Trinajstić information content (AvgIpc) is 3.35. The van der Waals surface area contributed by atoms with E-state index in [9.17, 15) is 4.79 Å². The quantitative estimate of drug-likeness (QED) is 0.505. The predicted octanol–water partition coefficient (Wildman–Crippen LogP) is 1.45. The number of hydrogen-bond acceptors (Lipinski definition) is 8. The van der Waals surface area contributed by atoms with Crippen molar-refractivity contribution < 1.29 is 9.90 Å². The summed E-state index contributed by atoms with van der Waals surface area (Å²) >= 11 is 0. The molecule has 11 heteroatoms. The van der Waals surface area contributed by atoms with Crippen molar-refractivity contribution >= 4 is 5.97 Å². The Kier molecular flexibility index (Phi) is 5.00. The molecule has 4 aromatic rings. The van der Waals surface area contributed by atoms with Crippen LogP contribution in [0.4, 0.5) is 0 Å². The second-order valence-electron chi connectivity index (χ2n) is 6.99. The van der Waals surface area contributed by atoms with Crippen LogP contribution in [0.1, 0.15) is 22.3 Å². The zero-order valence-electron chi connectivity index (χ0n) is 16.7. The minimum atomic E-state index is -1.05. The Hall–Kier alpha value is -4.02. The van der Waals surface area contributed by atoms with Crippen LogP contribution in [-0.2, 0) is 17.9 Å². The number of carbonyl (C=O) groups is 1. The molecule has 3 heterocycles. The van der Waals surface area contributed by atoms with Gasteiger partial charge in [-0.2, -0.15) is 4.80 Å². The maximum Gasteiger partial charge on any atom is 0.327 e. The van der Waals surface area contributed by atoms with Gasteiger partial charge in [-0.15, -0.1) is 15.3 Å². The number of tetrazole rings is 1. The molecular formula is C19H19N9O2. The molecule has 0 radical (unpaired) electrons.